The molecule has 0 radical (unpaired) electrons. The molecule has 0 aliphatic carbocycles. The Labute approximate surface area is 213 Å². The highest BCUT2D eigenvalue weighted by Crippen LogP contribution is 2.42. The van der Waals surface area contributed by atoms with Crippen LogP contribution in [0, 0.1) is 5.92 Å². The molecule has 0 saturated heterocycles. The molecule has 0 N–H and O–H groups in total. The highest BCUT2D eigenvalue weighted by atomic mass is 35.5. The van der Waals surface area contributed by atoms with Gasteiger partial charge < -0.3 is 0 Å². The Bertz CT molecular complexity index is 1210. The lowest BCUT2D eigenvalue weighted by atomic mass is 9.85. The zero-order valence-corrected chi connectivity index (χ0v) is 20.6. The normalized spacial score (nSPS) is 11.9. The van der Waals surface area contributed by atoms with Crippen LogP contribution >= 0.6 is 35.0 Å². The molecule has 34 heavy (non-hydrogen) atoms. The van der Waals surface area contributed by atoms with Crippen molar-refractivity contribution in [2.24, 2.45) is 5.92 Å². The third-order valence-corrected chi connectivity index (χ3v) is 7.29. The van der Waals surface area contributed by atoms with Gasteiger partial charge in [-0.1, -0.05) is 96.0 Å². The first-order valence-electron chi connectivity index (χ1n) is 10.9. The Morgan fingerprint density at radius 2 is 1.21 bits per heavy atom. The number of hydrogen-bond donors (Lipinski definition) is 0. The average Bonchev–Trinajstić information content (AvgIpc) is 2.88. The molecular formula is C29H22Cl2O2S. The molecule has 4 aromatic carbocycles. The summed E-state index contributed by atoms with van der Waals surface area (Å²) >= 11 is 14.0. The van der Waals surface area contributed by atoms with Gasteiger partial charge in [-0.05, 0) is 48.4 Å². The highest BCUT2D eigenvalue weighted by molar-refractivity contribution is 7.99. The molecule has 170 valence electrons. The highest BCUT2D eigenvalue weighted by Gasteiger charge is 2.32. The van der Waals surface area contributed by atoms with Crippen molar-refractivity contribution in [1.82, 2.24) is 0 Å². The van der Waals surface area contributed by atoms with E-state index in [0.717, 1.165) is 10.5 Å². The molecule has 0 aromatic heterocycles. The summed E-state index contributed by atoms with van der Waals surface area (Å²) in [7, 11) is 0. The lowest BCUT2D eigenvalue weighted by Crippen LogP contribution is -2.26. The summed E-state index contributed by atoms with van der Waals surface area (Å²) in [4.78, 5) is 28.2. The molecule has 0 saturated carbocycles. The number of benzene rings is 4. The monoisotopic (exact) mass is 504 g/mol. The van der Waals surface area contributed by atoms with Crippen molar-refractivity contribution in [3.05, 3.63) is 136 Å². The van der Waals surface area contributed by atoms with Crippen LogP contribution < -0.4 is 0 Å². The van der Waals surface area contributed by atoms with Gasteiger partial charge >= 0.3 is 0 Å². The predicted octanol–water partition coefficient (Wildman–Crippen LogP) is 8.60. The minimum Gasteiger partial charge on any atom is -0.293 e. The number of thioether (sulfide) groups is 1. The van der Waals surface area contributed by atoms with Crippen molar-refractivity contribution < 1.29 is 9.59 Å². The van der Waals surface area contributed by atoms with Crippen LogP contribution in [0.4, 0.5) is 0 Å². The van der Waals surface area contributed by atoms with Gasteiger partial charge in [0, 0.05) is 31.3 Å². The van der Waals surface area contributed by atoms with E-state index in [-0.39, 0.29) is 16.8 Å². The molecule has 0 amide bonds. The van der Waals surface area contributed by atoms with Gasteiger partial charge in [-0.25, -0.2) is 0 Å². The molecule has 5 heteroatoms. The largest absolute Gasteiger partial charge is 0.293 e. The SMILES string of the molecule is O=C(c1ccccc1)C(CC(Sc1ccc(Cl)cc1)c1cccc(Cl)c1)C(=O)c1ccccc1. The lowest BCUT2D eigenvalue weighted by Gasteiger charge is -2.23. The fourth-order valence-electron chi connectivity index (χ4n) is 3.79. The summed E-state index contributed by atoms with van der Waals surface area (Å²) in [6, 6.07) is 33.1. The standard InChI is InChI=1S/C29H22Cl2O2S/c30-23-14-16-25(17-15-23)34-27(22-12-7-13-24(31)18-22)19-26(28(32)20-8-3-1-4-9-20)29(33)21-10-5-2-6-11-21/h1-18,26-27H,19H2. The average molecular weight is 505 g/mol. The maximum Gasteiger partial charge on any atom is 0.173 e. The molecule has 0 spiro atoms. The van der Waals surface area contributed by atoms with Crippen molar-refractivity contribution in [1.29, 1.82) is 0 Å². The molecule has 0 fully saturated rings. The van der Waals surface area contributed by atoms with Gasteiger partial charge in [0.1, 0.15) is 0 Å². The molecule has 0 aliphatic rings. The number of carbonyl (C=O) groups is 2. The van der Waals surface area contributed by atoms with Crippen LogP contribution in [0.3, 0.4) is 0 Å². The minimum absolute atomic E-state index is 0.176. The van der Waals surface area contributed by atoms with Crippen molar-refractivity contribution in [2.45, 2.75) is 16.6 Å². The predicted molar refractivity (Wildman–Crippen MR) is 141 cm³/mol. The fourth-order valence-corrected chi connectivity index (χ4v) is 5.31. The van der Waals surface area contributed by atoms with E-state index >= 15 is 0 Å². The van der Waals surface area contributed by atoms with Crippen molar-refractivity contribution in [3.63, 3.8) is 0 Å². The van der Waals surface area contributed by atoms with E-state index in [9.17, 15) is 9.59 Å². The summed E-state index contributed by atoms with van der Waals surface area (Å²) in [6.45, 7) is 0. The van der Waals surface area contributed by atoms with E-state index in [0.29, 0.717) is 27.6 Å². The van der Waals surface area contributed by atoms with Gasteiger partial charge in [-0.2, -0.15) is 0 Å². The first kappa shape index (κ1) is 24.3. The maximum absolute atomic E-state index is 13.6. The second kappa shape index (κ2) is 11.5. The zero-order chi connectivity index (χ0) is 23.9. The van der Waals surface area contributed by atoms with Gasteiger partial charge in [-0.15, -0.1) is 11.8 Å². The van der Waals surface area contributed by atoms with Crippen LogP contribution in [0.5, 0.6) is 0 Å². The van der Waals surface area contributed by atoms with Crippen molar-refractivity contribution >= 4 is 46.5 Å². The Hall–Kier alpha value is -2.85. The number of Topliss-reactive ketones (excluding diaryl/α,β-unsaturated/α-hetero) is 2. The van der Waals surface area contributed by atoms with E-state index in [1.165, 1.54) is 0 Å². The number of rotatable bonds is 9. The molecular weight excluding hydrogens is 483 g/mol. The van der Waals surface area contributed by atoms with Crippen molar-refractivity contribution in [3.8, 4) is 0 Å². The smallest absolute Gasteiger partial charge is 0.173 e. The first-order valence-corrected chi connectivity index (χ1v) is 12.5. The Morgan fingerprint density at radius 3 is 1.74 bits per heavy atom. The fraction of sp³-hybridized carbons (Fsp3) is 0.103. The maximum atomic E-state index is 13.6. The van der Waals surface area contributed by atoms with E-state index in [1.807, 2.05) is 84.9 Å². The molecule has 1 atom stereocenters. The summed E-state index contributed by atoms with van der Waals surface area (Å²) < 4.78 is 0. The van der Waals surface area contributed by atoms with Crippen LogP contribution in [-0.4, -0.2) is 11.6 Å². The van der Waals surface area contributed by atoms with Gasteiger partial charge in [0.15, 0.2) is 11.6 Å². The van der Waals surface area contributed by atoms with Crippen LogP contribution in [-0.2, 0) is 0 Å². The second-order valence-corrected chi connectivity index (χ2v) is 10.0. The van der Waals surface area contributed by atoms with Crippen LogP contribution in [0.15, 0.2) is 114 Å². The van der Waals surface area contributed by atoms with E-state index in [1.54, 1.807) is 36.0 Å². The van der Waals surface area contributed by atoms with Crippen LogP contribution in [0.2, 0.25) is 10.0 Å². The summed E-state index contributed by atoms with van der Waals surface area (Å²) in [6.07, 6.45) is 0.328. The molecule has 4 aromatic rings. The van der Waals surface area contributed by atoms with Crippen LogP contribution in [0.25, 0.3) is 0 Å². The van der Waals surface area contributed by atoms with E-state index < -0.39 is 5.92 Å². The molecule has 0 bridgehead atoms. The van der Waals surface area contributed by atoms with Gasteiger partial charge in [0.2, 0.25) is 0 Å². The number of carbonyl (C=O) groups excluding carboxylic acids is 2. The Balaban J connectivity index is 1.73. The Morgan fingerprint density at radius 1 is 0.647 bits per heavy atom. The zero-order valence-electron chi connectivity index (χ0n) is 18.2. The molecule has 2 nitrogen and oxygen atoms in total. The summed E-state index contributed by atoms with van der Waals surface area (Å²) in [5, 5.41) is 1.09. The number of halogens is 2. The first-order chi connectivity index (χ1) is 16.5. The summed E-state index contributed by atoms with van der Waals surface area (Å²) in [5.74, 6) is -1.20. The van der Waals surface area contributed by atoms with Crippen LogP contribution in [0.1, 0.15) is 38.0 Å². The topological polar surface area (TPSA) is 34.1 Å². The van der Waals surface area contributed by atoms with Gasteiger partial charge in [0.05, 0.1) is 5.92 Å². The molecule has 1 unspecified atom stereocenters. The second-order valence-electron chi connectivity index (χ2n) is 7.86. The van der Waals surface area contributed by atoms with E-state index in [4.69, 9.17) is 23.2 Å². The summed E-state index contributed by atoms with van der Waals surface area (Å²) in [5.41, 5.74) is 2.01. The quantitative estimate of drug-likeness (QED) is 0.130. The number of ketones is 2. The number of hydrogen-bond acceptors (Lipinski definition) is 3. The molecule has 0 heterocycles. The molecule has 0 aliphatic heterocycles. The molecule has 4 rings (SSSR count). The van der Waals surface area contributed by atoms with Gasteiger partial charge in [-0.3, -0.25) is 9.59 Å². The lowest BCUT2D eigenvalue weighted by molar-refractivity contribution is 0.0799. The van der Waals surface area contributed by atoms with Crippen molar-refractivity contribution in [2.75, 3.05) is 0 Å². The third kappa shape index (κ3) is 6.18. The Kier molecular flexibility index (Phi) is 8.23. The van der Waals surface area contributed by atoms with E-state index in [2.05, 4.69) is 0 Å². The third-order valence-electron chi connectivity index (χ3n) is 5.51. The van der Waals surface area contributed by atoms with Gasteiger partial charge in [0.25, 0.3) is 0 Å². The minimum atomic E-state index is -0.839.